The molecule has 24 heavy (non-hydrogen) atoms. The van der Waals surface area contributed by atoms with E-state index >= 15 is 0 Å². The van der Waals surface area contributed by atoms with Gasteiger partial charge >= 0.3 is 5.91 Å². The molecule has 1 heterocycles. The fourth-order valence-corrected chi connectivity index (χ4v) is 3.95. The van der Waals surface area contributed by atoms with Crippen LogP contribution in [0.1, 0.15) is 11.5 Å². The van der Waals surface area contributed by atoms with Crippen LogP contribution in [-0.2, 0) is 20.6 Å². The Morgan fingerprint density at radius 1 is 1.21 bits per heavy atom. The van der Waals surface area contributed by atoms with Crippen LogP contribution in [0, 0.1) is 5.21 Å². The third-order valence-electron chi connectivity index (χ3n) is 3.78. The van der Waals surface area contributed by atoms with Crippen LogP contribution < -0.4 is 5.32 Å². The molecular formula is C16H13ClN2O4S. The second kappa shape index (κ2) is 6.10. The maximum Gasteiger partial charge on any atom is 0.344 e. The first-order valence-electron chi connectivity index (χ1n) is 7.02. The highest BCUT2D eigenvalue weighted by molar-refractivity contribution is 7.80. The number of benzene rings is 2. The molecule has 0 saturated carbocycles. The van der Waals surface area contributed by atoms with Crippen LogP contribution in [0.15, 0.2) is 53.4 Å². The average molecular weight is 365 g/mol. The van der Waals surface area contributed by atoms with Crippen molar-refractivity contribution in [2.45, 2.75) is 10.8 Å². The molecule has 3 unspecified atom stereocenters. The summed E-state index contributed by atoms with van der Waals surface area (Å²) in [5.41, 5.74) is 0.609. The molecule has 2 aromatic rings. The molecular weight excluding hydrogens is 352 g/mol. The highest BCUT2D eigenvalue weighted by Crippen LogP contribution is 2.36. The molecule has 0 bridgehead atoms. The number of carbonyl (C=O) groups excluding carboxylic acids is 2. The molecule has 0 radical (unpaired) electrons. The van der Waals surface area contributed by atoms with Crippen LogP contribution in [0.25, 0.3) is 0 Å². The van der Waals surface area contributed by atoms with Gasteiger partial charge in [0, 0.05) is 0 Å². The lowest BCUT2D eigenvalue weighted by molar-refractivity contribution is -0.643. The third-order valence-corrected chi connectivity index (χ3v) is 5.67. The lowest BCUT2D eigenvalue weighted by Crippen LogP contribution is -2.53. The molecule has 0 fully saturated rings. The monoisotopic (exact) mass is 364 g/mol. The minimum atomic E-state index is -2.12. The number of hydroxylamine groups is 2. The second-order valence-electron chi connectivity index (χ2n) is 5.37. The van der Waals surface area contributed by atoms with Crippen molar-refractivity contribution >= 4 is 40.1 Å². The zero-order chi connectivity index (χ0) is 17.5. The molecule has 1 N–H and O–H groups in total. The quantitative estimate of drug-likeness (QED) is 0.504. The number of hydrogen-bond donors (Lipinski definition) is 1. The summed E-state index contributed by atoms with van der Waals surface area (Å²) in [7, 11) is -1.13. The van der Waals surface area contributed by atoms with E-state index in [-0.39, 0.29) is 10.5 Å². The van der Waals surface area contributed by atoms with E-state index in [0.717, 1.165) is 7.05 Å². The number of quaternary nitrogens is 1. The first-order chi connectivity index (χ1) is 11.3. The highest BCUT2D eigenvalue weighted by atomic mass is 35.5. The minimum Gasteiger partial charge on any atom is -0.611 e. The Morgan fingerprint density at radius 2 is 1.83 bits per heavy atom. The number of fused-ring (bicyclic) bond motifs is 1. The van der Waals surface area contributed by atoms with Crippen LogP contribution in [0.5, 0.6) is 0 Å². The van der Waals surface area contributed by atoms with E-state index < -0.39 is 32.8 Å². The van der Waals surface area contributed by atoms with Crippen molar-refractivity contribution in [3.63, 3.8) is 0 Å². The molecule has 1 aliphatic rings. The predicted octanol–water partition coefficient (Wildman–Crippen LogP) is 2.57. The van der Waals surface area contributed by atoms with Crippen molar-refractivity contribution in [2.24, 2.45) is 0 Å². The van der Waals surface area contributed by atoms with Gasteiger partial charge in [-0.2, -0.15) is 4.21 Å². The third kappa shape index (κ3) is 2.65. The van der Waals surface area contributed by atoms with Crippen molar-refractivity contribution in [1.82, 2.24) is 0 Å². The van der Waals surface area contributed by atoms with E-state index in [1.807, 2.05) is 0 Å². The van der Waals surface area contributed by atoms with Crippen LogP contribution in [0.4, 0.5) is 5.69 Å². The lowest BCUT2D eigenvalue weighted by Gasteiger charge is -2.39. The van der Waals surface area contributed by atoms with Gasteiger partial charge in [-0.3, -0.25) is 4.79 Å². The van der Waals surface area contributed by atoms with Gasteiger partial charge in [0.05, 0.1) is 17.8 Å². The van der Waals surface area contributed by atoms with Crippen LogP contribution in [0.2, 0.25) is 5.02 Å². The normalized spacial score (nSPS) is 25.9. The summed E-state index contributed by atoms with van der Waals surface area (Å²) in [6.07, 6.45) is 0. The highest BCUT2D eigenvalue weighted by Gasteiger charge is 2.49. The number of rotatable bonds is 2. The summed E-state index contributed by atoms with van der Waals surface area (Å²) in [5.74, 6) is -3.01. The van der Waals surface area contributed by atoms with E-state index in [2.05, 4.69) is 5.32 Å². The van der Waals surface area contributed by atoms with E-state index in [9.17, 15) is 19.0 Å². The summed E-state index contributed by atoms with van der Waals surface area (Å²) >= 11 is 6.01. The van der Waals surface area contributed by atoms with Crippen LogP contribution in [0.3, 0.4) is 0 Å². The van der Waals surface area contributed by atoms with Gasteiger partial charge in [-0.25, -0.2) is 8.85 Å². The van der Waals surface area contributed by atoms with E-state index in [1.165, 1.54) is 12.1 Å². The Kier molecular flexibility index (Phi) is 4.27. The molecule has 6 nitrogen and oxygen atoms in total. The molecule has 1 aliphatic heterocycles. The Morgan fingerprint density at radius 3 is 2.54 bits per heavy atom. The number of hydrogen-bond acceptors (Lipinski definition) is 4. The second-order valence-corrected chi connectivity index (χ2v) is 7.42. The summed E-state index contributed by atoms with van der Waals surface area (Å²) in [6, 6.07) is 12.8. The molecule has 0 spiro atoms. The van der Waals surface area contributed by atoms with Gasteiger partial charge < -0.3 is 10.5 Å². The molecule has 2 amide bonds. The molecule has 2 aromatic carbocycles. The molecule has 3 rings (SSSR count). The molecule has 0 saturated heterocycles. The minimum absolute atomic E-state index is 0.189. The number of anilines is 1. The summed E-state index contributed by atoms with van der Waals surface area (Å²) in [6.45, 7) is 0. The van der Waals surface area contributed by atoms with Crippen molar-refractivity contribution < 1.29 is 17.8 Å². The molecule has 0 aliphatic carbocycles. The smallest absolute Gasteiger partial charge is 0.344 e. The number of likely N-dealkylation sites (N-methyl/N-ethyl adjacent to an activating group) is 1. The Labute approximate surface area is 145 Å². The Balaban J connectivity index is 2.04. The summed E-state index contributed by atoms with van der Waals surface area (Å²) in [5, 5.41) is 15.3. The van der Waals surface area contributed by atoms with Crippen molar-refractivity contribution in [3.05, 3.63) is 64.3 Å². The first kappa shape index (κ1) is 16.8. The van der Waals surface area contributed by atoms with E-state index in [0.29, 0.717) is 10.7 Å². The van der Waals surface area contributed by atoms with Crippen molar-refractivity contribution in [2.75, 3.05) is 12.4 Å². The number of nitrogens with zero attached hydrogens (tertiary/aromatic N) is 1. The first-order valence-corrected chi connectivity index (χ1v) is 8.51. The maximum absolute atomic E-state index is 12.6. The standard InChI is InChI=1S/C16H13ClN2O4S/c1-19(22)16(21)14(10-6-2-5-9-13(10)24(19)23)15(20)18-12-8-4-3-7-11(12)17/h2-9,14H,1H3,(H,18,20). The van der Waals surface area contributed by atoms with Gasteiger partial charge in [0.2, 0.25) is 16.9 Å². The molecule has 8 heteroatoms. The zero-order valence-electron chi connectivity index (χ0n) is 12.6. The molecule has 124 valence electrons. The van der Waals surface area contributed by atoms with Gasteiger partial charge in [0.15, 0.2) is 5.92 Å². The maximum atomic E-state index is 12.6. The van der Waals surface area contributed by atoms with Gasteiger partial charge in [-0.1, -0.05) is 41.9 Å². The molecule has 0 aromatic heterocycles. The zero-order valence-corrected chi connectivity index (χ0v) is 14.1. The summed E-state index contributed by atoms with van der Waals surface area (Å²) < 4.78 is 10.7. The van der Waals surface area contributed by atoms with E-state index in [4.69, 9.17) is 11.6 Å². The number of para-hydroxylation sites is 1. The number of nitrogens with one attached hydrogen (secondary N) is 1. The van der Waals surface area contributed by atoms with Crippen molar-refractivity contribution in [1.29, 1.82) is 0 Å². The SMILES string of the molecule is C[N+]1([O-])C(=O)C(C(=O)Nc2ccccc2Cl)c2ccccc2S1=O. The fourth-order valence-electron chi connectivity index (χ4n) is 2.54. The lowest BCUT2D eigenvalue weighted by atomic mass is 9.96. The Hall–Kier alpha value is -2.06. The number of halogens is 1. The Bertz CT molecular complexity index is 869. The predicted molar refractivity (Wildman–Crippen MR) is 90.2 cm³/mol. The fraction of sp³-hybridized carbons (Fsp3) is 0.125. The van der Waals surface area contributed by atoms with Gasteiger partial charge in [-0.05, 0) is 23.8 Å². The van der Waals surface area contributed by atoms with Gasteiger partial charge in [0.25, 0.3) is 0 Å². The van der Waals surface area contributed by atoms with E-state index in [1.54, 1.807) is 36.4 Å². The topological polar surface area (TPSA) is 86.3 Å². The van der Waals surface area contributed by atoms with Crippen molar-refractivity contribution in [3.8, 4) is 0 Å². The number of amides is 2. The number of carbonyl (C=O) groups is 2. The van der Waals surface area contributed by atoms with Crippen LogP contribution in [-0.4, -0.2) is 27.1 Å². The van der Waals surface area contributed by atoms with Gasteiger partial charge in [-0.15, -0.1) is 0 Å². The summed E-state index contributed by atoms with van der Waals surface area (Å²) in [4.78, 5) is 25.3. The van der Waals surface area contributed by atoms with Gasteiger partial charge in [0.1, 0.15) is 4.90 Å². The molecule has 3 atom stereocenters. The average Bonchev–Trinajstić information content (AvgIpc) is 2.56. The largest absolute Gasteiger partial charge is 0.611 e. The van der Waals surface area contributed by atoms with Crippen LogP contribution >= 0.6 is 11.6 Å².